The third-order valence-electron chi connectivity index (χ3n) is 7.24. The molecule has 3 aromatic rings. The number of unbranched alkanes of at least 4 members (excludes halogenated alkanes) is 2. The highest BCUT2D eigenvalue weighted by Crippen LogP contribution is 2.37. The van der Waals surface area contributed by atoms with Crippen LogP contribution in [0, 0.1) is 29.2 Å². The van der Waals surface area contributed by atoms with E-state index in [4.69, 9.17) is 4.74 Å². The molecule has 1 unspecified atom stereocenters. The van der Waals surface area contributed by atoms with Crippen molar-refractivity contribution in [3.8, 4) is 28.0 Å². The van der Waals surface area contributed by atoms with Crippen LogP contribution >= 0.6 is 0 Å². The van der Waals surface area contributed by atoms with Gasteiger partial charge in [-0.25, -0.2) is 13.2 Å². The van der Waals surface area contributed by atoms with E-state index in [9.17, 15) is 8.78 Å². The summed E-state index contributed by atoms with van der Waals surface area (Å²) in [6, 6.07) is 12.3. The molecule has 38 heavy (non-hydrogen) atoms. The molecule has 0 aromatic heterocycles. The summed E-state index contributed by atoms with van der Waals surface area (Å²) in [5.41, 5.74) is 2.24. The van der Waals surface area contributed by atoms with Gasteiger partial charge in [0.2, 0.25) is 5.82 Å². The number of rotatable bonds is 10. The summed E-state index contributed by atoms with van der Waals surface area (Å²) in [4.78, 5) is 0. The average Bonchev–Trinajstić information content (AvgIpc) is 2.94. The van der Waals surface area contributed by atoms with Crippen LogP contribution in [0.4, 0.5) is 17.6 Å². The van der Waals surface area contributed by atoms with E-state index in [1.54, 1.807) is 42.5 Å². The van der Waals surface area contributed by atoms with Crippen molar-refractivity contribution in [2.45, 2.75) is 65.2 Å². The second-order valence-electron chi connectivity index (χ2n) is 9.87. The third kappa shape index (κ3) is 6.20. The minimum atomic E-state index is -1.08. The zero-order valence-corrected chi connectivity index (χ0v) is 22.0. The van der Waals surface area contributed by atoms with Gasteiger partial charge in [0.25, 0.3) is 0 Å². The van der Waals surface area contributed by atoms with Gasteiger partial charge >= 0.3 is 0 Å². The maximum atomic E-state index is 15.2. The van der Waals surface area contributed by atoms with Crippen LogP contribution in [0.5, 0.6) is 5.75 Å². The van der Waals surface area contributed by atoms with Crippen LogP contribution in [0.1, 0.15) is 70.8 Å². The Morgan fingerprint density at radius 1 is 0.763 bits per heavy atom. The van der Waals surface area contributed by atoms with Crippen LogP contribution in [0.3, 0.4) is 0 Å². The smallest absolute Gasteiger partial charge is 0.201 e. The van der Waals surface area contributed by atoms with Crippen LogP contribution in [0.2, 0.25) is 0 Å². The molecule has 0 saturated heterocycles. The first-order valence-corrected chi connectivity index (χ1v) is 13.5. The molecule has 0 fully saturated rings. The van der Waals surface area contributed by atoms with E-state index in [-0.39, 0.29) is 16.9 Å². The van der Waals surface area contributed by atoms with Gasteiger partial charge in [-0.15, -0.1) is 0 Å². The average molecular weight is 523 g/mol. The predicted molar refractivity (Wildman–Crippen MR) is 147 cm³/mol. The molecule has 200 valence electrons. The predicted octanol–water partition coefficient (Wildman–Crippen LogP) is 10.6. The lowest BCUT2D eigenvalue weighted by Gasteiger charge is -2.22. The van der Waals surface area contributed by atoms with Gasteiger partial charge in [-0.3, -0.25) is 0 Å². The monoisotopic (exact) mass is 522 g/mol. The first kappa shape index (κ1) is 27.7. The fraction of sp³-hybridized carbons (Fsp3) is 0.333. The summed E-state index contributed by atoms with van der Waals surface area (Å²) in [6.07, 6.45) is 13.3. The second-order valence-corrected chi connectivity index (χ2v) is 9.87. The van der Waals surface area contributed by atoms with Gasteiger partial charge in [-0.05, 0) is 66.5 Å². The van der Waals surface area contributed by atoms with Gasteiger partial charge in [0.15, 0.2) is 23.2 Å². The molecule has 0 spiro atoms. The summed E-state index contributed by atoms with van der Waals surface area (Å²) in [7, 11) is 0. The van der Waals surface area contributed by atoms with Gasteiger partial charge in [-0.1, -0.05) is 82.0 Å². The van der Waals surface area contributed by atoms with E-state index in [2.05, 4.69) is 13.0 Å². The number of allylic oxidation sites excluding steroid dienone is 3. The topological polar surface area (TPSA) is 9.23 Å². The summed E-state index contributed by atoms with van der Waals surface area (Å²) in [5.74, 6) is -3.44. The van der Waals surface area contributed by atoms with Crippen molar-refractivity contribution >= 4 is 5.57 Å². The Morgan fingerprint density at radius 2 is 1.37 bits per heavy atom. The SMILES string of the molecule is CCC=COc1ccc(-c2ccc(-c3ccc(C4=CCC(CCCCC)CC4)c(F)c3F)cc2)c(F)c1F. The lowest BCUT2D eigenvalue weighted by Crippen LogP contribution is -2.07. The molecule has 0 aliphatic heterocycles. The Bertz CT molecular complexity index is 1310. The van der Waals surface area contributed by atoms with Gasteiger partial charge < -0.3 is 4.74 Å². The lowest BCUT2D eigenvalue weighted by atomic mass is 9.83. The second kappa shape index (κ2) is 12.9. The van der Waals surface area contributed by atoms with Crippen molar-refractivity contribution in [2.75, 3.05) is 0 Å². The Kier molecular flexibility index (Phi) is 9.43. The number of hydrogen-bond acceptors (Lipinski definition) is 1. The first-order valence-electron chi connectivity index (χ1n) is 13.5. The van der Waals surface area contributed by atoms with Gasteiger partial charge in [0, 0.05) is 16.7 Å². The summed E-state index contributed by atoms with van der Waals surface area (Å²) >= 11 is 0. The molecule has 0 bridgehead atoms. The van der Waals surface area contributed by atoms with Crippen molar-refractivity contribution in [2.24, 2.45) is 5.92 Å². The molecule has 3 aromatic carbocycles. The standard InChI is InChI=1S/C33H34F4O/c1-3-5-7-8-22-9-11-23(12-10-22)26-17-18-27(31(35)30(26)34)24-13-15-25(16-14-24)28-19-20-29(33(37)32(28)36)38-21-6-4-2/h6,11,13-22H,3-5,7-10,12H2,1-2H3. The number of halogens is 4. The van der Waals surface area contributed by atoms with Gasteiger partial charge in [0.1, 0.15) is 0 Å². The molecule has 0 amide bonds. The molecule has 0 radical (unpaired) electrons. The van der Waals surface area contributed by atoms with Crippen molar-refractivity contribution in [1.29, 1.82) is 0 Å². The largest absolute Gasteiger partial charge is 0.462 e. The molecule has 1 aliphatic carbocycles. The molecular weight excluding hydrogens is 488 g/mol. The highest BCUT2D eigenvalue weighted by Gasteiger charge is 2.21. The fourth-order valence-corrected chi connectivity index (χ4v) is 4.99. The van der Waals surface area contributed by atoms with E-state index in [1.165, 1.54) is 44.1 Å². The number of benzene rings is 3. The van der Waals surface area contributed by atoms with Gasteiger partial charge in [0.05, 0.1) is 6.26 Å². The van der Waals surface area contributed by atoms with Crippen molar-refractivity contribution < 1.29 is 22.3 Å². The van der Waals surface area contributed by atoms with Crippen LogP contribution < -0.4 is 4.74 Å². The number of ether oxygens (including phenoxy) is 1. The molecule has 1 atom stereocenters. The number of hydrogen-bond donors (Lipinski definition) is 0. The van der Waals surface area contributed by atoms with E-state index in [0.717, 1.165) is 24.8 Å². The maximum Gasteiger partial charge on any atom is 0.201 e. The highest BCUT2D eigenvalue weighted by molar-refractivity contribution is 5.74. The molecule has 1 nitrogen and oxygen atoms in total. The summed E-state index contributed by atoms with van der Waals surface area (Å²) < 4.78 is 64.7. The minimum Gasteiger partial charge on any atom is -0.462 e. The normalized spacial score (nSPS) is 15.6. The maximum absolute atomic E-state index is 15.2. The van der Waals surface area contributed by atoms with Crippen molar-refractivity contribution in [3.63, 3.8) is 0 Å². The van der Waals surface area contributed by atoms with Gasteiger partial charge in [-0.2, -0.15) is 4.39 Å². The highest BCUT2D eigenvalue weighted by atomic mass is 19.2. The Hall–Kier alpha value is -3.34. The van der Waals surface area contributed by atoms with E-state index in [0.29, 0.717) is 29.0 Å². The van der Waals surface area contributed by atoms with Crippen LogP contribution in [-0.2, 0) is 0 Å². The van der Waals surface area contributed by atoms with Crippen LogP contribution in [0.15, 0.2) is 66.9 Å². The van der Waals surface area contributed by atoms with E-state index >= 15 is 8.78 Å². The first-order chi connectivity index (χ1) is 18.4. The van der Waals surface area contributed by atoms with E-state index in [1.807, 2.05) is 6.92 Å². The molecule has 0 N–H and O–H groups in total. The van der Waals surface area contributed by atoms with Crippen LogP contribution in [0.25, 0.3) is 27.8 Å². The van der Waals surface area contributed by atoms with Crippen molar-refractivity contribution in [3.05, 3.63) is 95.8 Å². The molecule has 0 heterocycles. The summed E-state index contributed by atoms with van der Waals surface area (Å²) in [5, 5.41) is 0. The van der Waals surface area contributed by atoms with Crippen molar-refractivity contribution in [1.82, 2.24) is 0 Å². The molecule has 0 saturated carbocycles. The summed E-state index contributed by atoms with van der Waals surface area (Å²) in [6.45, 7) is 4.09. The Labute approximate surface area is 222 Å². The van der Waals surface area contributed by atoms with Crippen LogP contribution in [-0.4, -0.2) is 0 Å². The van der Waals surface area contributed by atoms with E-state index < -0.39 is 23.3 Å². The minimum absolute atomic E-state index is 0.0557. The molecule has 5 heteroatoms. The molecular formula is C33H34F4O. The fourth-order valence-electron chi connectivity index (χ4n) is 4.99. The lowest BCUT2D eigenvalue weighted by molar-refractivity contribution is 0.415. The molecule has 1 aliphatic rings. The zero-order valence-electron chi connectivity index (χ0n) is 22.0. The Morgan fingerprint density at radius 3 is 1.97 bits per heavy atom. The molecule has 4 rings (SSSR count). The zero-order chi connectivity index (χ0) is 27.1. The third-order valence-corrected chi connectivity index (χ3v) is 7.24. The Balaban J connectivity index is 1.51. The quantitative estimate of drug-likeness (QED) is 0.146.